The molecule has 0 spiro atoms. The van der Waals surface area contributed by atoms with Crippen molar-refractivity contribution in [1.82, 2.24) is 0 Å². The molecule has 2 fully saturated rings. The van der Waals surface area contributed by atoms with Gasteiger partial charge in [0.2, 0.25) is 0 Å². The minimum Gasteiger partial charge on any atom is -0.369 e. The second-order valence-electron chi connectivity index (χ2n) is 6.51. The maximum atomic E-state index is 13.0. The molecule has 106 valence electrons. The molecule has 0 aliphatic heterocycles. The summed E-state index contributed by atoms with van der Waals surface area (Å²) in [5.74, 6) is 2.49. The lowest BCUT2D eigenvalue weighted by atomic mass is 9.72. The average molecular weight is 264 g/mol. The Balaban J connectivity index is 2.08. The molecule has 0 aromatic carbocycles. The Labute approximate surface area is 107 Å². The van der Waals surface area contributed by atoms with Crippen molar-refractivity contribution >= 4 is 0 Å². The highest BCUT2D eigenvalue weighted by Gasteiger charge is 2.56. The quantitative estimate of drug-likeness (QED) is 0.739. The summed E-state index contributed by atoms with van der Waals surface area (Å²) in [7, 11) is 1.17. The van der Waals surface area contributed by atoms with E-state index in [0.29, 0.717) is 23.7 Å². The van der Waals surface area contributed by atoms with Crippen LogP contribution in [0.25, 0.3) is 0 Å². The number of methoxy groups -OCH3 is 1. The van der Waals surface area contributed by atoms with E-state index in [1.54, 1.807) is 0 Å². The molecule has 4 heteroatoms. The highest BCUT2D eigenvalue weighted by molar-refractivity contribution is 5.00. The Bertz CT molecular complexity index is 313. The highest BCUT2D eigenvalue weighted by Crippen LogP contribution is 2.57. The van der Waals surface area contributed by atoms with Gasteiger partial charge in [-0.05, 0) is 55.8 Å². The van der Waals surface area contributed by atoms with Crippen LogP contribution in [0.1, 0.15) is 40.0 Å². The molecule has 2 rings (SSSR count). The van der Waals surface area contributed by atoms with E-state index in [2.05, 4.69) is 13.8 Å². The predicted octanol–water partition coefficient (Wildman–Crippen LogP) is 4.27. The second kappa shape index (κ2) is 4.39. The first-order valence-electron chi connectivity index (χ1n) is 6.81. The van der Waals surface area contributed by atoms with E-state index in [4.69, 9.17) is 4.74 Å². The second-order valence-corrected chi connectivity index (χ2v) is 6.51. The van der Waals surface area contributed by atoms with Crippen LogP contribution in [-0.2, 0) is 4.74 Å². The zero-order valence-corrected chi connectivity index (χ0v) is 11.6. The molecule has 2 saturated carbocycles. The van der Waals surface area contributed by atoms with Gasteiger partial charge in [-0.25, -0.2) is 0 Å². The van der Waals surface area contributed by atoms with Crippen molar-refractivity contribution in [1.29, 1.82) is 0 Å². The van der Waals surface area contributed by atoms with Gasteiger partial charge in [0.25, 0.3) is 0 Å². The fourth-order valence-corrected chi connectivity index (χ4v) is 4.14. The van der Waals surface area contributed by atoms with Gasteiger partial charge >= 0.3 is 6.18 Å². The Morgan fingerprint density at radius 1 is 1.11 bits per heavy atom. The molecule has 2 aliphatic rings. The van der Waals surface area contributed by atoms with Crippen molar-refractivity contribution in [2.75, 3.05) is 7.11 Å². The normalized spacial score (nSPS) is 43.2. The van der Waals surface area contributed by atoms with Gasteiger partial charge in [-0.3, -0.25) is 0 Å². The van der Waals surface area contributed by atoms with Crippen molar-refractivity contribution in [3.05, 3.63) is 0 Å². The predicted molar refractivity (Wildman–Crippen MR) is 64.1 cm³/mol. The zero-order chi connectivity index (χ0) is 13.7. The summed E-state index contributed by atoms with van der Waals surface area (Å²) in [6.07, 6.45) is -2.10. The number of alkyl halides is 3. The van der Waals surface area contributed by atoms with Crippen molar-refractivity contribution in [3.8, 4) is 0 Å². The first-order valence-corrected chi connectivity index (χ1v) is 6.81. The standard InChI is InChI=1S/C14H23F3O/c1-8-9(2)12-6-10(8)5-11(12)7-13(3,18-4)14(15,16)17/h8-12H,5-7H2,1-4H3. The molecule has 0 N–H and O–H groups in total. The summed E-state index contributed by atoms with van der Waals surface area (Å²) in [6.45, 7) is 5.62. The molecule has 2 aliphatic carbocycles. The Kier molecular flexibility index (Phi) is 3.46. The van der Waals surface area contributed by atoms with E-state index in [1.165, 1.54) is 14.0 Å². The summed E-state index contributed by atoms with van der Waals surface area (Å²) in [5.41, 5.74) is -1.98. The average Bonchev–Trinajstić information content (AvgIpc) is 2.78. The molecule has 6 unspecified atom stereocenters. The van der Waals surface area contributed by atoms with Crippen LogP contribution in [0.3, 0.4) is 0 Å². The van der Waals surface area contributed by atoms with Gasteiger partial charge in [0.05, 0.1) is 0 Å². The molecule has 0 aromatic heterocycles. The molecular weight excluding hydrogens is 241 g/mol. The molecular formula is C14H23F3O. The first-order chi connectivity index (χ1) is 8.19. The molecule has 0 amide bonds. The van der Waals surface area contributed by atoms with Crippen LogP contribution in [0.5, 0.6) is 0 Å². The summed E-state index contributed by atoms with van der Waals surface area (Å²) in [6, 6.07) is 0. The fourth-order valence-electron chi connectivity index (χ4n) is 4.14. The van der Waals surface area contributed by atoms with Crippen molar-refractivity contribution in [2.45, 2.75) is 51.8 Å². The molecule has 18 heavy (non-hydrogen) atoms. The van der Waals surface area contributed by atoms with E-state index in [0.717, 1.165) is 12.8 Å². The zero-order valence-electron chi connectivity index (χ0n) is 11.6. The van der Waals surface area contributed by atoms with Gasteiger partial charge in [0.1, 0.15) is 0 Å². The number of halogens is 3. The van der Waals surface area contributed by atoms with E-state index in [1.807, 2.05) is 0 Å². The number of rotatable bonds is 3. The van der Waals surface area contributed by atoms with E-state index >= 15 is 0 Å². The number of hydrogen-bond donors (Lipinski definition) is 0. The number of hydrogen-bond acceptors (Lipinski definition) is 1. The van der Waals surface area contributed by atoms with Gasteiger partial charge < -0.3 is 4.74 Å². The summed E-state index contributed by atoms with van der Waals surface area (Å²) < 4.78 is 44.0. The maximum absolute atomic E-state index is 13.0. The van der Waals surface area contributed by atoms with Gasteiger partial charge in [0.15, 0.2) is 5.60 Å². The molecule has 0 saturated heterocycles. The van der Waals surface area contributed by atoms with Gasteiger partial charge in [-0.2, -0.15) is 13.2 Å². The lowest BCUT2D eigenvalue weighted by Crippen LogP contribution is -2.46. The third kappa shape index (κ3) is 2.06. The Morgan fingerprint density at radius 2 is 1.72 bits per heavy atom. The fraction of sp³-hybridized carbons (Fsp3) is 1.00. The van der Waals surface area contributed by atoms with Crippen LogP contribution < -0.4 is 0 Å². The summed E-state index contributed by atoms with van der Waals surface area (Å²) in [5, 5.41) is 0. The minimum atomic E-state index is -4.28. The summed E-state index contributed by atoms with van der Waals surface area (Å²) >= 11 is 0. The number of ether oxygens (including phenoxy) is 1. The van der Waals surface area contributed by atoms with E-state index in [-0.39, 0.29) is 12.3 Å². The molecule has 0 aromatic rings. The van der Waals surface area contributed by atoms with Gasteiger partial charge in [-0.15, -0.1) is 0 Å². The van der Waals surface area contributed by atoms with Crippen LogP contribution in [0.4, 0.5) is 13.2 Å². The molecule has 2 bridgehead atoms. The molecule has 1 nitrogen and oxygen atoms in total. The summed E-state index contributed by atoms with van der Waals surface area (Å²) in [4.78, 5) is 0. The van der Waals surface area contributed by atoms with Crippen molar-refractivity contribution in [3.63, 3.8) is 0 Å². The Morgan fingerprint density at radius 3 is 2.11 bits per heavy atom. The monoisotopic (exact) mass is 264 g/mol. The molecule has 0 radical (unpaired) electrons. The van der Waals surface area contributed by atoms with Crippen molar-refractivity contribution in [2.24, 2.45) is 29.6 Å². The smallest absolute Gasteiger partial charge is 0.369 e. The third-order valence-corrected chi connectivity index (χ3v) is 5.74. The topological polar surface area (TPSA) is 9.23 Å². The van der Waals surface area contributed by atoms with Gasteiger partial charge in [0, 0.05) is 7.11 Å². The SMILES string of the molecule is COC(C)(CC1CC2CC1C(C)C2C)C(F)(F)F. The molecule has 0 heterocycles. The van der Waals surface area contributed by atoms with Crippen molar-refractivity contribution < 1.29 is 17.9 Å². The number of fused-ring (bicyclic) bond motifs is 2. The van der Waals surface area contributed by atoms with Crippen LogP contribution in [0, 0.1) is 29.6 Å². The highest BCUT2D eigenvalue weighted by atomic mass is 19.4. The van der Waals surface area contributed by atoms with Crippen LogP contribution in [0.15, 0.2) is 0 Å². The van der Waals surface area contributed by atoms with Gasteiger partial charge in [-0.1, -0.05) is 13.8 Å². The minimum absolute atomic E-state index is 0.116. The lowest BCUT2D eigenvalue weighted by molar-refractivity contribution is -0.269. The van der Waals surface area contributed by atoms with Crippen LogP contribution in [0.2, 0.25) is 0 Å². The Hall–Kier alpha value is -0.250. The first kappa shape index (κ1) is 14.2. The maximum Gasteiger partial charge on any atom is 0.417 e. The van der Waals surface area contributed by atoms with E-state index in [9.17, 15) is 13.2 Å². The lowest BCUT2D eigenvalue weighted by Gasteiger charge is -2.38. The molecule has 6 atom stereocenters. The van der Waals surface area contributed by atoms with E-state index < -0.39 is 11.8 Å². The van der Waals surface area contributed by atoms with Crippen LogP contribution in [-0.4, -0.2) is 18.9 Å². The third-order valence-electron chi connectivity index (χ3n) is 5.74. The van der Waals surface area contributed by atoms with Crippen LogP contribution >= 0.6 is 0 Å². The largest absolute Gasteiger partial charge is 0.417 e.